The predicted octanol–water partition coefficient (Wildman–Crippen LogP) is 27.4. The second-order valence-electron chi connectivity index (χ2n) is 27.3. The average molecular weight is 1460 g/mol. The van der Waals surface area contributed by atoms with Gasteiger partial charge in [0, 0.05) is 50.6 Å². The molecule has 92 heavy (non-hydrogen) atoms. The Morgan fingerprint density at radius 2 is 0.554 bits per heavy atom. The number of ether oxygens (including phenoxy) is 5. The van der Waals surface area contributed by atoms with Crippen molar-refractivity contribution in [3.05, 3.63) is 97.2 Å². The highest BCUT2D eigenvalue weighted by Crippen LogP contribution is 2.37. The minimum atomic E-state index is -0.346. The Bertz CT molecular complexity index is 1670. The maximum atomic E-state index is 6.77. The summed E-state index contributed by atoms with van der Waals surface area (Å²) in [5.41, 5.74) is 0. The molecule has 0 aromatic heterocycles. The van der Waals surface area contributed by atoms with Gasteiger partial charge in [-0.25, -0.2) is 0 Å². The van der Waals surface area contributed by atoms with Crippen LogP contribution < -0.4 is 0 Å². The second-order valence-corrected chi connectivity index (χ2v) is 28.0. The van der Waals surface area contributed by atoms with E-state index in [1.807, 2.05) is 0 Å². The molecule has 0 aromatic carbocycles. The zero-order valence-corrected chi connectivity index (χ0v) is 65.0. The number of halogens is 2. The second kappa shape index (κ2) is 69.8. The van der Waals surface area contributed by atoms with Crippen LogP contribution in [0.5, 0.6) is 0 Å². The van der Waals surface area contributed by atoms with Crippen molar-refractivity contribution in [2.45, 2.75) is 385 Å². The van der Waals surface area contributed by atoms with Gasteiger partial charge < -0.3 is 23.7 Å². The lowest BCUT2D eigenvalue weighted by atomic mass is 9.98. The smallest absolute Gasteiger partial charge is 0.168 e. The fourth-order valence-corrected chi connectivity index (χ4v) is 13.1. The number of nitrogens with zero attached hydrogens (tertiary/aromatic N) is 1. The van der Waals surface area contributed by atoms with E-state index >= 15 is 0 Å². The van der Waals surface area contributed by atoms with Crippen molar-refractivity contribution in [3.8, 4) is 0 Å². The Morgan fingerprint density at radius 1 is 0.315 bits per heavy atom. The van der Waals surface area contributed by atoms with Gasteiger partial charge in [-0.1, -0.05) is 295 Å². The Balaban J connectivity index is 0.000000916. The molecule has 536 valence electrons. The molecule has 3 heterocycles. The van der Waals surface area contributed by atoms with Crippen molar-refractivity contribution >= 4 is 39.9 Å². The molecule has 3 aliphatic rings. The van der Waals surface area contributed by atoms with Gasteiger partial charge in [0.25, 0.3) is 0 Å². The third-order valence-corrected chi connectivity index (χ3v) is 19.3. The molecule has 0 radical (unpaired) electrons. The summed E-state index contributed by atoms with van der Waals surface area (Å²) in [5.74, 6) is -0.662. The van der Waals surface area contributed by atoms with E-state index in [0.717, 1.165) is 103 Å². The molecule has 3 fully saturated rings. The molecule has 0 bridgehead atoms. The van der Waals surface area contributed by atoms with E-state index in [1.54, 1.807) is 0 Å². The quantitative estimate of drug-likeness (QED) is 0.0262. The van der Waals surface area contributed by atoms with Gasteiger partial charge in [0.15, 0.2) is 11.6 Å². The van der Waals surface area contributed by atoms with Crippen molar-refractivity contribution in [3.63, 3.8) is 0 Å². The number of alkyl halides is 1. The van der Waals surface area contributed by atoms with Gasteiger partial charge in [0.1, 0.15) is 0 Å². The Morgan fingerprint density at radius 3 is 0.815 bits per heavy atom. The Kier molecular flexibility index (Phi) is 67.4. The van der Waals surface area contributed by atoms with Gasteiger partial charge in [0.2, 0.25) is 0 Å². The van der Waals surface area contributed by atoms with E-state index in [-0.39, 0.29) is 47.8 Å². The van der Waals surface area contributed by atoms with Crippen LogP contribution >= 0.6 is 39.9 Å². The molecule has 2 unspecified atom stereocenters. The van der Waals surface area contributed by atoms with E-state index in [9.17, 15) is 0 Å². The highest BCUT2D eigenvalue weighted by Gasteiger charge is 2.42. The first-order valence-electron chi connectivity index (χ1n) is 39.7. The van der Waals surface area contributed by atoms with Crippen LogP contribution in [0.4, 0.5) is 0 Å². The van der Waals surface area contributed by atoms with Gasteiger partial charge in [-0.05, 0) is 154 Å². The topological polar surface area (TPSA) is 49.4 Å². The number of allylic oxidation sites excluding steroid dienone is 16. The number of rotatable bonds is 63. The van der Waals surface area contributed by atoms with Crippen molar-refractivity contribution in [1.29, 1.82) is 0 Å². The molecule has 3 rings (SSSR count). The molecule has 2 atom stereocenters. The van der Waals surface area contributed by atoms with Gasteiger partial charge in [-0.2, -0.15) is 0 Å². The lowest BCUT2D eigenvalue weighted by molar-refractivity contribution is -0.181. The van der Waals surface area contributed by atoms with Crippen molar-refractivity contribution in [2.75, 3.05) is 51.4 Å². The summed E-state index contributed by atoms with van der Waals surface area (Å²) in [6.45, 7) is 15.3. The molecule has 0 saturated carbocycles. The Hall–Kier alpha value is -1.11. The molecule has 0 aromatic rings. The first-order valence-corrected chi connectivity index (χ1v) is 40.9. The predicted molar refractivity (Wildman–Crippen MR) is 419 cm³/mol. The molecule has 6 nitrogen and oxygen atoms in total. The highest BCUT2D eigenvalue weighted by atomic mass is 127. The lowest BCUT2D eigenvalue weighted by Crippen LogP contribution is -2.42. The summed E-state index contributed by atoms with van der Waals surface area (Å²) in [6.07, 6.45) is 104. The Labute approximate surface area is 598 Å². The van der Waals surface area contributed by atoms with E-state index < -0.39 is 0 Å². The summed E-state index contributed by atoms with van der Waals surface area (Å²) < 4.78 is 31.6. The van der Waals surface area contributed by atoms with Crippen LogP contribution in [0.3, 0.4) is 0 Å². The van der Waals surface area contributed by atoms with Crippen LogP contribution in [-0.4, -0.2) is 80.1 Å². The fourth-order valence-electron chi connectivity index (χ4n) is 12.8. The van der Waals surface area contributed by atoms with E-state index in [2.05, 4.69) is 146 Å². The summed E-state index contributed by atoms with van der Waals surface area (Å²) in [5, 5.41) is 0.877. The summed E-state index contributed by atoms with van der Waals surface area (Å²) >= 11 is 3.61. The minimum Gasteiger partial charge on any atom is -0.379 e. The molecular weight excluding hydrogens is 1310 g/mol. The molecule has 3 saturated heterocycles. The molecule has 0 aliphatic carbocycles. The third kappa shape index (κ3) is 55.8. The van der Waals surface area contributed by atoms with Crippen LogP contribution in [-0.2, 0) is 23.7 Å². The summed E-state index contributed by atoms with van der Waals surface area (Å²) in [7, 11) is 0. The van der Waals surface area contributed by atoms with E-state index in [4.69, 9.17) is 23.7 Å². The fraction of sp³-hybridized carbons (Fsp3) is 0.810. The average Bonchev–Trinajstić information content (AvgIpc) is 1.81. The number of hydrogen-bond acceptors (Lipinski definition) is 6. The highest BCUT2D eigenvalue weighted by molar-refractivity contribution is 14.0. The van der Waals surface area contributed by atoms with Crippen LogP contribution in [0, 0.1) is 0 Å². The van der Waals surface area contributed by atoms with Gasteiger partial charge >= 0.3 is 0 Å². The van der Waals surface area contributed by atoms with E-state index in [1.165, 1.54) is 283 Å². The van der Waals surface area contributed by atoms with Crippen molar-refractivity contribution < 1.29 is 23.7 Å². The maximum Gasteiger partial charge on any atom is 0.168 e. The minimum absolute atomic E-state index is 0. The van der Waals surface area contributed by atoms with E-state index in [0.29, 0.717) is 0 Å². The van der Waals surface area contributed by atoms with Crippen molar-refractivity contribution in [2.24, 2.45) is 0 Å². The van der Waals surface area contributed by atoms with Gasteiger partial charge in [-0.3, -0.25) is 4.90 Å². The first-order chi connectivity index (χ1) is 45.0. The summed E-state index contributed by atoms with van der Waals surface area (Å²) in [6, 6.07) is 0. The maximum absolute atomic E-state index is 6.77. The SMILES string of the molecule is CCCCC/C=C\C/C=C\CCCCCCCCC1(CCCCCCCC/C=C\C/C=C\CCCCC)OCC(CBr)O1.CCCCC/C=C\C/C=C\CCCCCCCCC1(CCCCCCCC/C=C\C/C=C\CCCCC)OCC(CN2CCOCC2)O1.I. The lowest BCUT2D eigenvalue weighted by Gasteiger charge is -2.31. The summed E-state index contributed by atoms with van der Waals surface area (Å²) in [4.78, 5) is 2.49. The molecule has 3 aliphatic heterocycles. The zero-order valence-electron chi connectivity index (χ0n) is 61.1. The van der Waals surface area contributed by atoms with Crippen LogP contribution in [0.2, 0.25) is 0 Å². The largest absolute Gasteiger partial charge is 0.379 e. The standard InChI is InChI=1S/C44H79NO3.C40H71BrO2.HI/c1-3-5-7-9-11-13-15-17-19-21-23-25-27-29-31-33-35-44(47-42-43(48-44)41-45-37-39-46-40-38-45)36-34-32-30-28-26-24-22-20-18-16-14-12-10-8-6-4-2;1-3-5-7-9-11-13-15-17-19-21-23-25-27-29-31-33-35-40(42-38-39(37-41)43-40)36-34-32-30-28-26-24-22-20-18-16-14-12-10-8-6-4-2;/h11-14,17-20,43H,3-10,15-16,21-42H2,1-2H3;11-14,17-20,39H,3-10,15-16,21-38H2,1-2H3;1H/b2*13-11-,14-12-,19-17-,20-18-;. The first kappa shape index (κ1) is 88.9. The van der Waals surface area contributed by atoms with Crippen molar-refractivity contribution in [1.82, 2.24) is 4.90 Å². The van der Waals surface area contributed by atoms with Crippen LogP contribution in [0.15, 0.2) is 97.2 Å². The molecule has 0 amide bonds. The number of unbranched alkanes of at least 4 members (excludes halogenated alkanes) is 36. The van der Waals surface area contributed by atoms with Gasteiger partial charge in [-0.15, -0.1) is 24.0 Å². The zero-order chi connectivity index (χ0) is 65.0. The normalized spacial score (nSPS) is 17.9. The molecule has 8 heteroatoms. The molecule has 0 spiro atoms. The number of hydrogen-bond donors (Lipinski definition) is 0. The third-order valence-electron chi connectivity index (χ3n) is 18.6. The molecule has 0 N–H and O–H groups in total. The number of morpholine rings is 1. The van der Waals surface area contributed by atoms with Crippen LogP contribution in [0.25, 0.3) is 0 Å². The molecular formula is C84H151BrINO5. The monoisotopic (exact) mass is 1460 g/mol. The van der Waals surface area contributed by atoms with Crippen LogP contribution in [0.1, 0.15) is 362 Å². The van der Waals surface area contributed by atoms with Gasteiger partial charge in [0.05, 0.1) is 38.6 Å².